The first-order valence-electron chi connectivity index (χ1n) is 6.37. The number of aryl methyl sites for hydroxylation is 1. The molecule has 0 atom stereocenters. The minimum absolute atomic E-state index is 0.146. The molecule has 20 heavy (non-hydrogen) atoms. The first-order valence-corrected chi connectivity index (χ1v) is 7.24. The van der Waals surface area contributed by atoms with Gasteiger partial charge in [0.05, 0.1) is 22.8 Å². The van der Waals surface area contributed by atoms with E-state index in [1.807, 2.05) is 5.38 Å². The Labute approximate surface area is 120 Å². The van der Waals surface area contributed by atoms with Crippen LogP contribution in [0.2, 0.25) is 0 Å². The van der Waals surface area contributed by atoms with E-state index in [2.05, 4.69) is 10.3 Å². The molecule has 0 saturated heterocycles. The third-order valence-electron chi connectivity index (χ3n) is 2.68. The van der Waals surface area contributed by atoms with Gasteiger partial charge in [0.1, 0.15) is 5.82 Å². The van der Waals surface area contributed by atoms with E-state index in [9.17, 15) is 9.18 Å². The van der Waals surface area contributed by atoms with Gasteiger partial charge in [-0.1, -0.05) is 12.1 Å². The maximum absolute atomic E-state index is 13.4. The fraction of sp³-hybridized carbons (Fsp3) is 0.286. The van der Waals surface area contributed by atoms with Crippen molar-refractivity contribution in [1.29, 1.82) is 0 Å². The number of rotatable bonds is 6. The minimum atomic E-state index is -0.442. The zero-order valence-electron chi connectivity index (χ0n) is 10.9. The van der Waals surface area contributed by atoms with Crippen molar-refractivity contribution in [2.45, 2.75) is 19.3 Å². The van der Waals surface area contributed by atoms with Crippen molar-refractivity contribution < 1.29 is 9.18 Å². The van der Waals surface area contributed by atoms with Crippen LogP contribution in [0.25, 0.3) is 0 Å². The van der Waals surface area contributed by atoms with E-state index in [4.69, 9.17) is 5.73 Å². The van der Waals surface area contributed by atoms with Crippen molar-refractivity contribution in [3.8, 4) is 0 Å². The lowest BCUT2D eigenvalue weighted by Crippen LogP contribution is -2.15. The number of halogens is 1. The van der Waals surface area contributed by atoms with Gasteiger partial charge in [0, 0.05) is 11.8 Å². The lowest BCUT2D eigenvalue weighted by molar-refractivity contribution is -0.115. The second kappa shape index (κ2) is 7.12. The number of hydrogen-bond donors (Lipinski definition) is 2. The summed E-state index contributed by atoms with van der Waals surface area (Å²) in [5.41, 5.74) is 6.34. The molecule has 0 aliphatic heterocycles. The predicted molar refractivity (Wildman–Crippen MR) is 78.2 cm³/mol. The Kier molecular flexibility index (Phi) is 5.20. The molecule has 0 unspecified atom stereocenters. The van der Waals surface area contributed by atoms with Crippen LogP contribution < -0.4 is 11.1 Å². The third-order valence-corrected chi connectivity index (χ3v) is 3.64. The third kappa shape index (κ3) is 4.11. The molecule has 1 amide bonds. The molecule has 0 fully saturated rings. The number of para-hydroxylation sites is 1. The van der Waals surface area contributed by atoms with E-state index in [0.717, 1.165) is 17.8 Å². The fourth-order valence-electron chi connectivity index (χ4n) is 1.72. The van der Waals surface area contributed by atoms with Crippen molar-refractivity contribution in [3.63, 3.8) is 0 Å². The van der Waals surface area contributed by atoms with Crippen molar-refractivity contribution in [1.82, 2.24) is 4.98 Å². The van der Waals surface area contributed by atoms with Gasteiger partial charge in [-0.2, -0.15) is 0 Å². The van der Waals surface area contributed by atoms with Crippen LogP contribution in [0.4, 0.5) is 10.1 Å². The molecule has 0 aliphatic rings. The summed E-state index contributed by atoms with van der Waals surface area (Å²) < 4.78 is 13.4. The van der Waals surface area contributed by atoms with Gasteiger partial charge in [-0.3, -0.25) is 4.79 Å². The quantitative estimate of drug-likeness (QED) is 0.859. The van der Waals surface area contributed by atoms with Crippen LogP contribution >= 0.6 is 11.3 Å². The van der Waals surface area contributed by atoms with Gasteiger partial charge in [0.25, 0.3) is 0 Å². The molecule has 3 N–H and O–H groups in total. The average molecular weight is 293 g/mol. The van der Waals surface area contributed by atoms with Crippen molar-refractivity contribution in [2.75, 3.05) is 11.9 Å². The van der Waals surface area contributed by atoms with Gasteiger partial charge in [-0.05, 0) is 25.1 Å². The Morgan fingerprint density at radius 1 is 1.40 bits per heavy atom. The number of hydrogen-bond acceptors (Lipinski definition) is 4. The Hall–Kier alpha value is -1.79. The van der Waals surface area contributed by atoms with Crippen LogP contribution in [0.1, 0.15) is 17.1 Å². The molecule has 0 bridgehead atoms. The van der Waals surface area contributed by atoms with Gasteiger partial charge in [-0.25, -0.2) is 9.37 Å². The summed E-state index contributed by atoms with van der Waals surface area (Å²) >= 11 is 1.52. The summed E-state index contributed by atoms with van der Waals surface area (Å²) in [5.74, 6) is -0.714. The summed E-state index contributed by atoms with van der Waals surface area (Å²) in [6, 6.07) is 6.09. The number of nitrogens with one attached hydrogen (secondary N) is 1. The van der Waals surface area contributed by atoms with Crippen LogP contribution in [0.5, 0.6) is 0 Å². The van der Waals surface area contributed by atoms with Crippen molar-refractivity contribution >= 4 is 22.9 Å². The van der Waals surface area contributed by atoms with E-state index in [-0.39, 0.29) is 18.0 Å². The van der Waals surface area contributed by atoms with Crippen LogP contribution in [-0.4, -0.2) is 17.4 Å². The molecule has 2 rings (SSSR count). The number of nitrogens with two attached hydrogens (primary N) is 1. The average Bonchev–Trinajstić information content (AvgIpc) is 2.86. The zero-order valence-corrected chi connectivity index (χ0v) is 11.8. The highest BCUT2D eigenvalue weighted by Crippen LogP contribution is 2.15. The second-order valence-electron chi connectivity index (χ2n) is 4.33. The number of aromatic nitrogens is 1. The van der Waals surface area contributed by atoms with E-state index >= 15 is 0 Å². The van der Waals surface area contributed by atoms with Crippen LogP contribution in [0.3, 0.4) is 0 Å². The molecule has 0 aliphatic carbocycles. The number of carbonyl (C=O) groups excluding carboxylic acids is 1. The first-order chi connectivity index (χ1) is 9.69. The van der Waals surface area contributed by atoms with Crippen LogP contribution in [-0.2, 0) is 17.6 Å². The van der Waals surface area contributed by atoms with Crippen LogP contribution in [0, 0.1) is 5.82 Å². The lowest BCUT2D eigenvalue weighted by atomic mass is 10.2. The summed E-state index contributed by atoms with van der Waals surface area (Å²) in [6.45, 7) is 0.628. The molecular formula is C14H16FN3OS. The SMILES string of the molecule is NCCCc1nc(CC(=O)Nc2ccccc2F)cs1. The second-order valence-corrected chi connectivity index (χ2v) is 5.27. The molecule has 0 saturated carbocycles. The zero-order chi connectivity index (χ0) is 14.4. The molecule has 1 aromatic heterocycles. The van der Waals surface area contributed by atoms with Crippen molar-refractivity contribution in [3.05, 3.63) is 46.2 Å². The number of amides is 1. The smallest absolute Gasteiger partial charge is 0.230 e. The Morgan fingerprint density at radius 3 is 2.95 bits per heavy atom. The van der Waals surface area contributed by atoms with Gasteiger partial charge in [-0.15, -0.1) is 11.3 Å². The van der Waals surface area contributed by atoms with E-state index in [0.29, 0.717) is 12.2 Å². The fourth-order valence-corrected chi connectivity index (χ4v) is 2.56. The molecule has 106 valence electrons. The largest absolute Gasteiger partial charge is 0.330 e. The Morgan fingerprint density at radius 2 is 2.20 bits per heavy atom. The minimum Gasteiger partial charge on any atom is -0.330 e. The van der Waals surface area contributed by atoms with E-state index in [1.165, 1.54) is 23.5 Å². The van der Waals surface area contributed by atoms with E-state index in [1.54, 1.807) is 12.1 Å². The highest BCUT2D eigenvalue weighted by Gasteiger charge is 2.10. The van der Waals surface area contributed by atoms with Gasteiger partial charge < -0.3 is 11.1 Å². The number of benzene rings is 1. The number of nitrogens with zero attached hydrogens (tertiary/aromatic N) is 1. The number of thiazole rings is 1. The maximum Gasteiger partial charge on any atom is 0.230 e. The van der Waals surface area contributed by atoms with Crippen molar-refractivity contribution in [2.24, 2.45) is 5.73 Å². The van der Waals surface area contributed by atoms with Gasteiger partial charge in [0.15, 0.2) is 0 Å². The molecule has 0 radical (unpaired) electrons. The first kappa shape index (κ1) is 14.6. The molecule has 6 heteroatoms. The Bertz CT molecular complexity index is 585. The summed E-state index contributed by atoms with van der Waals surface area (Å²) in [4.78, 5) is 16.2. The monoisotopic (exact) mass is 293 g/mol. The standard InChI is InChI=1S/C14H16FN3OS/c15-11-4-1-2-5-12(11)18-13(19)8-10-9-20-14(17-10)6-3-7-16/h1-2,4-5,9H,3,6-8,16H2,(H,18,19). The topological polar surface area (TPSA) is 68.0 Å². The maximum atomic E-state index is 13.4. The summed E-state index contributed by atoms with van der Waals surface area (Å²) in [5, 5.41) is 5.37. The lowest BCUT2D eigenvalue weighted by Gasteiger charge is -2.04. The molecule has 1 heterocycles. The molecule has 0 spiro atoms. The summed E-state index contributed by atoms with van der Waals surface area (Å²) in [6.07, 6.45) is 1.86. The normalized spacial score (nSPS) is 10.5. The van der Waals surface area contributed by atoms with Gasteiger partial charge >= 0.3 is 0 Å². The highest BCUT2D eigenvalue weighted by atomic mass is 32.1. The number of anilines is 1. The van der Waals surface area contributed by atoms with E-state index < -0.39 is 5.82 Å². The summed E-state index contributed by atoms with van der Waals surface area (Å²) in [7, 11) is 0. The molecular weight excluding hydrogens is 277 g/mol. The van der Waals surface area contributed by atoms with Crippen LogP contribution in [0.15, 0.2) is 29.6 Å². The highest BCUT2D eigenvalue weighted by molar-refractivity contribution is 7.09. The molecule has 2 aromatic rings. The molecule has 4 nitrogen and oxygen atoms in total. The molecule has 1 aromatic carbocycles. The Balaban J connectivity index is 1.91. The predicted octanol–water partition coefficient (Wildman–Crippen LogP) is 2.35. The van der Waals surface area contributed by atoms with Gasteiger partial charge in [0.2, 0.25) is 5.91 Å². The number of carbonyl (C=O) groups is 1.